The number of nitrogens with zero attached hydrogens (tertiary/aromatic N) is 4. The fraction of sp³-hybridized carbons (Fsp3) is 0.459. The molecule has 268 valence electrons. The van der Waals surface area contributed by atoms with Crippen molar-refractivity contribution in [1.82, 2.24) is 24.6 Å². The molecule has 3 aromatic carbocycles. The number of ketones is 1. The van der Waals surface area contributed by atoms with Crippen molar-refractivity contribution in [2.24, 2.45) is 7.05 Å². The van der Waals surface area contributed by atoms with E-state index in [1.807, 2.05) is 50.2 Å². The first-order valence-corrected chi connectivity index (χ1v) is 18.9. The number of Topliss-reactive ketones (excluding diaryl/α,β-unsaturated/α-hetero) is 1. The first kappa shape index (κ1) is 37.3. The fourth-order valence-electron chi connectivity index (χ4n) is 6.47. The number of sulfonamides is 1. The number of hydrogen-bond acceptors (Lipinski definition) is 8. The Kier molecular flexibility index (Phi) is 12.2. The Morgan fingerprint density at radius 3 is 2.60 bits per heavy atom. The van der Waals surface area contributed by atoms with Gasteiger partial charge in [0.2, 0.25) is 15.9 Å². The molecule has 2 heterocycles. The van der Waals surface area contributed by atoms with Gasteiger partial charge in [-0.1, -0.05) is 54.8 Å². The molecule has 1 amide bonds. The summed E-state index contributed by atoms with van der Waals surface area (Å²) in [5, 5.41) is 11.7. The van der Waals surface area contributed by atoms with E-state index in [4.69, 9.17) is 21.1 Å². The van der Waals surface area contributed by atoms with Crippen molar-refractivity contribution in [3.05, 3.63) is 75.8 Å². The molecular weight excluding hydrogens is 678 g/mol. The van der Waals surface area contributed by atoms with Crippen LogP contribution in [-0.4, -0.2) is 65.7 Å². The molecule has 1 aliphatic heterocycles. The maximum atomic E-state index is 14.1. The van der Waals surface area contributed by atoms with Crippen molar-refractivity contribution < 1.29 is 27.5 Å². The van der Waals surface area contributed by atoms with Gasteiger partial charge >= 0.3 is 0 Å². The highest BCUT2D eigenvalue weighted by Gasteiger charge is 2.34. The van der Waals surface area contributed by atoms with Gasteiger partial charge in [0.15, 0.2) is 0 Å². The summed E-state index contributed by atoms with van der Waals surface area (Å²) in [6, 6.07) is 14.7. The summed E-state index contributed by atoms with van der Waals surface area (Å²) in [5.74, 6) is 0.664. The van der Waals surface area contributed by atoms with Crippen molar-refractivity contribution in [1.29, 1.82) is 0 Å². The second kappa shape index (κ2) is 16.3. The lowest BCUT2D eigenvalue weighted by Gasteiger charge is -2.23. The van der Waals surface area contributed by atoms with Crippen molar-refractivity contribution in [3.8, 4) is 11.5 Å². The Morgan fingerprint density at radius 1 is 1.08 bits per heavy atom. The van der Waals surface area contributed by atoms with Gasteiger partial charge in [-0.25, -0.2) is 13.1 Å². The molecule has 0 aliphatic carbocycles. The molecule has 2 atom stereocenters. The lowest BCUT2D eigenvalue weighted by Crippen LogP contribution is -2.35. The smallest absolute Gasteiger partial charge is 0.247 e. The quantitative estimate of drug-likeness (QED) is 0.141. The van der Waals surface area contributed by atoms with Crippen LogP contribution < -0.4 is 14.8 Å². The summed E-state index contributed by atoms with van der Waals surface area (Å²) in [7, 11) is -0.565. The second-order valence-corrected chi connectivity index (χ2v) is 15.3. The molecule has 1 N–H and O–H groups in total. The SMILES string of the molecule is CCC(=O)NCCCCCCc1ccc2c(c1)O[C@H](C)CN(Cc1cc([C@H](CC(C)=O)c3cc(OC)c4c(c3)nnn4C)ccc1Cl)S2(=O)=O. The molecule has 4 aromatic rings. The largest absolute Gasteiger partial charge is 0.494 e. The number of methoxy groups -OCH3 is 1. The van der Waals surface area contributed by atoms with E-state index >= 15 is 0 Å². The van der Waals surface area contributed by atoms with Gasteiger partial charge in [0, 0.05) is 43.9 Å². The Labute approximate surface area is 299 Å². The Balaban J connectivity index is 1.35. The number of unbranched alkanes of at least 4 members (excludes halogenated alkanes) is 3. The average molecular weight is 724 g/mol. The zero-order valence-corrected chi connectivity index (χ0v) is 30.9. The van der Waals surface area contributed by atoms with Crippen LogP contribution in [-0.2, 0) is 39.6 Å². The molecule has 0 spiro atoms. The molecule has 11 nitrogen and oxygen atoms in total. The number of carbonyl (C=O) groups is 2. The van der Waals surface area contributed by atoms with Crippen molar-refractivity contribution >= 4 is 44.3 Å². The lowest BCUT2D eigenvalue weighted by molar-refractivity contribution is -0.120. The van der Waals surface area contributed by atoms with E-state index in [1.54, 1.807) is 37.9 Å². The van der Waals surface area contributed by atoms with Crippen molar-refractivity contribution in [2.75, 3.05) is 20.2 Å². The standard InChI is InChI=1S/C37H46ClN5O6S/c1-6-36(45)39-16-10-8-7-9-11-26-12-15-35-33(18-26)49-25(3)22-43(50(35,46)47)23-29-19-27(13-14-31(29)38)30(17-24(2)44)28-20-32-37(34(21-28)48-5)42(4)41-40-32/h12-15,18-21,25,30H,6-11,16-17,22-23H2,1-5H3,(H,39,45)/t25-,30+/m1/s1. The minimum Gasteiger partial charge on any atom is -0.494 e. The summed E-state index contributed by atoms with van der Waals surface area (Å²) in [6.07, 6.45) is 5.02. The van der Waals surface area contributed by atoms with E-state index < -0.39 is 16.1 Å². The minimum absolute atomic E-state index is 0.000782. The first-order valence-electron chi connectivity index (χ1n) is 17.1. The van der Waals surface area contributed by atoms with E-state index in [-0.39, 0.29) is 42.0 Å². The fourth-order valence-corrected chi connectivity index (χ4v) is 8.24. The van der Waals surface area contributed by atoms with E-state index in [9.17, 15) is 18.0 Å². The zero-order valence-electron chi connectivity index (χ0n) is 29.4. The van der Waals surface area contributed by atoms with Crippen molar-refractivity contribution in [3.63, 3.8) is 0 Å². The van der Waals surface area contributed by atoms with Crippen LogP contribution in [0.15, 0.2) is 53.4 Å². The Bertz CT molecular complexity index is 1960. The van der Waals surface area contributed by atoms with E-state index in [0.717, 1.165) is 54.3 Å². The number of halogens is 1. The topological polar surface area (TPSA) is 133 Å². The highest BCUT2D eigenvalue weighted by Crippen LogP contribution is 2.38. The number of benzene rings is 3. The summed E-state index contributed by atoms with van der Waals surface area (Å²) < 4.78 is 43.1. The highest BCUT2D eigenvalue weighted by atomic mass is 35.5. The zero-order chi connectivity index (χ0) is 36.0. The maximum absolute atomic E-state index is 14.1. The number of fused-ring (bicyclic) bond motifs is 2. The number of aromatic nitrogens is 3. The van der Waals surface area contributed by atoms with E-state index in [1.165, 1.54) is 4.31 Å². The minimum atomic E-state index is -3.94. The van der Waals surface area contributed by atoms with Crippen LogP contribution in [0.3, 0.4) is 0 Å². The third-order valence-corrected chi connectivity index (χ3v) is 11.3. The molecule has 0 unspecified atom stereocenters. The molecule has 0 bridgehead atoms. The molecule has 5 rings (SSSR count). The van der Waals surface area contributed by atoms with Crippen LogP contribution in [0.2, 0.25) is 5.02 Å². The highest BCUT2D eigenvalue weighted by molar-refractivity contribution is 7.89. The van der Waals surface area contributed by atoms with Gasteiger partial charge in [0.1, 0.15) is 39.3 Å². The normalized spacial score (nSPS) is 16.3. The third-order valence-electron chi connectivity index (χ3n) is 9.07. The molecule has 1 aliphatic rings. The molecule has 0 radical (unpaired) electrons. The summed E-state index contributed by atoms with van der Waals surface area (Å²) in [5.41, 5.74) is 4.67. The molecule has 50 heavy (non-hydrogen) atoms. The molecule has 0 saturated carbocycles. The number of amides is 1. The predicted octanol–water partition coefficient (Wildman–Crippen LogP) is 6.34. The second-order valence-electron chi connectivity index (χ2n) is 13.0. The van der Waals surface area contributed by atoms with Crippen LogP contribution in [0.1, 0.15) is 87.5 Å². The van der Waals surface area contributed by atoms with Crippen molar-refractivity contribution in [2.45, 2.75) is 89.2 Å². The van der Waals surface area contributed by atoms with Gasteiger partial charge in [0.25, 0.3) is 0 Å². The Hall–Kier alpha value is -4.00. The number of ether oxygens (including phenoxy) is 2. The summed E-state index contributed by atoms with van der Waals surface area (Å²) >= 11 is 6.72. The molecule has 1 aromatic heterocycles. The van der Waals surface area contributed by atoms with Crippen LogP contribution in [0.25, 0.3) is 11.0 Å². The van der Waals surface area contributed by atoms with Gasteiger partial charge in [-0.3, -0.25) is 9.59 Å². The number of rotatable bonds is 15. The van der Waals surface area contributed by atoms with Gasteiger partial charge in [0.05, 0.1) is 13.7 Å². The number of aryl methyl sites for hydroxylation is 2. The van der Waals surface area contributed by atoms with Gasteiger partial charge in [-0.2, -0.15) is 4.31 Å². The van der Waals surface area contributed by atoms with Gasteiger partial charge in [-0.15, -0.1) is 5.10 Å². The molecule has 13 heteroatoms. The van der Waals surface area contributed by atoms with Crippen LogP contribution in [0.5, 0.6) is 11.5 Å². The van der Waals surface area contributed by atoms with Gasteiger partial charge < -0.3 is 14.8 Å². The lowest BCUT2D eigenvalue weighted by atomic mass is 9.86. The average Bonchev–Trinajstić information content (AvgIpc) is 3.42. The number of hydrogen-bond donors (Lipinski definition) is 1. The molecule has 0 saturated heterocycles. The van der Waals surface area contributed by atoms with E-state index in [0.29, 0.717) is 40.6 Å². The monoisotopic (exact) mass is 723 g/mol. The maximum Gasteiger partial charge on any atom is 0.247 e. The Morgan fingerprint density at radius 2 is 1.86 bits per heavy atom. The number of nitrogens with one attached hydrogen (secondary N) is 1. The third kappa shape index (κ3) is 8.65. The molecule has 0 fully saturated rings. The summed E-state index contributed by atoms with van der Waals surface area (Å²) in [6.45, 7) is 6.11. The van der Waals surface area contributed by atoms with Crippen LogP contribution in [0, 0.1) is 0 Å². The first-order chi connectivity index (χ1) is 23.9. The molecular formula is C37H46ClN5O6S. The van der Waals surface area contributed by atoms with Gasteiger partial charge in [-0.05, 0) is 85.7 Å². The van der Waals surface area contributed by atoms with E-state index in [2.05, 4.69) is 15.6 Å². The van der Waals surface area contributed by atoms with Crippen LogP contribution in [0.4, 0.5) is 0 Å². The number of carbonyl (C=O) groups excluding carboxylic acids is 2. The van der Waals surface area contributed by atoms with Crippen LogP contribution >= 0.6 is 11.6 Å². The predicted molar refractivity (Wildman–Crippen MR) is 193 cm³/mol. The summed E-state index contributed by atoms with van der Waals surface area (Å²) in [4.78, 5) is 24.1.